The topological polar surface area (TPSA) is 57.2 Å². The Balaban J connectivity index is 2.16. The number of hydrazone groups is 1. The Morgan fingerprint density at radius 2 is 1.93 bits per heavy atom. The number of carbonyl (C=O) groups is 1. The molecule has 1 saturated heterocycles. The summed E-state index contributed by atoms with van der Waals surface area (Å²) in [6, 6.07) is 8.17. The molecule has 0 saturated carbocycles. The summed E-state index contributed by atoms with van der Waals surface area (Å²) in [5.74, 6) is -0.525. The van der Waals surface area contributed by atoms with E-state index in [2.05, 4.69) is 34.0 Å². The summed E-state index contributed by atoms with van der Waals surface area (Å²) in [6.45, 7) is 6.14. The zero-order valence-corrected chi connectivity index (χ0v) is 16.3. The number of allylic oxidation sites excluding steroid dienone is 3. The van der Waals surface area contributed by atoms with Gasteiger partial charge in [-0.15, -0.1) is 0 Å². The summed E-state index contributed by atoms with van der Waals surface area (Å²) in [6.07, 6.45) is 9.56. The number of ether oxygens (including phenoxy) is 1. The largest absolute Gasteiger partial charge is 0.464 e. The molecule has 1 N–H and O–H groups in total. The van der Waals surface area contributed by atoms with Crippen molar-refractivity contribution in [3.8, 4) is 0 Å². The van der Waals surface area contributed by atoms with Gasteiger partial charge in [0.1, 0.15) is 0 Å². The zero-order chi connectivity index (χ0) is 19.6. The quantitative estimate of drug-likeness (QED) is 0.331. The molecule has 6 heteroatoms. The van der Waals surface area contributed by atoms with Gasteiger partial charge in [-0.2, -0.15) is 5.10 Å². The van der Waals surface area contributed by atoms with Crippen molar-refractivity contribution in [1.29, 1.82) is 0 Å². The fraction of sp³-hybridized carbons (Fsp3) is 0.333. The number of rotatable bonds is 8. The summed E-state index contributed by atoms with van der Waals surface area (Å²) < 4.78 is 4.86. The van der Waals surface area contributed by atoms with E-state index in [1.165, 1.54) is 25.6 Å². The van der Waals surface area contributed by atoms with Crippen molar-refractivity contribution in [3.63, 3.8) is 0 Å². The van der Waals surface area contributed by atoms with Gasteiger partial charge in [-0.1, -0.05) is 18.7 Å². The molecule has 0 aromatic heterocycles. The van der Waals surface area contributed by atoms with E-state index in [0.717, 1.165) is 18.8 Å². The van der Waals surface area contributed by atoms with Crippen LogP contribution in [0.5, 0.6) is 0 Å². The van der Waals surface area contributed by atoms with E-state index in [1.807, 2.05) is 19.2 Å². The molecule has 1 aromatic rings. The number of anilines is 2. The van der Waals surface area contributed by atoms with Gasteiger partial charge in [0.2, 0.25) is 0 Å². The van der Waals surface area contributed by atoms with Gasteiger partial charge in [-0.3, -0.25) is 5.01 Å². The molecule has 1 fully saturated rings. The molecule has 1 heterocycles. The van der Waals surface area contributed by atoms with Crippen molar-refractivity contribution >= 4 is 23.1 Å². The zero-order valence-electron chi connectivity index (χ0n) is 16.3. The Bertz CT molecular complexity index is 729. The highest BCUT2D eigenvalue weighted by Gasteiger charge is 2.16. The molecule has 0 spiro atoms. The molecule has 0 bridgehead atoms. The normalized spacial score (nSPS) is 14.8. The van der Waals surface area contributed by atoms with Crippen LogP contribution in [0.1, 0.15) is 12.8 Å². The third kappa shape index (κ3) is 5.74. The Morgan fingerprint density at radius 3 is 2.52 bits per heavy atom. The fourth-order valence-corrected chi connectivity index (χ4v) is 2.80. The minimum Gasteiger partial charge on any atom is -0.464 e. The Labute approximate surface area is 161 Å². The van der Waals surface area contributed by atoms with E-state index in [0.29, 0.717) is 5.57 Å². The second kappa shape index (κ2) is 10.2. The molecule has 1 aromatic carbocycles. The number of nitrogens with one attached hydrogen (secondary N) is 1. The molecule has 6 nitrogen and oxygen atoms in total. The van der Waals surface area contributed by atoms with Crippen LogP contribution in [0.4, 0.5) is 11.4 Å². The molecule has 144 valence electrons. The molecule has 27 heavy (non-hydrogen) atoms. The standard InChI is InChI=1S/C21H28N4O2/c1-17(9-5-6-14-22-2)20(21(26)27-4)23-24(3)18-10-12-19(13-11-18)25-15-7-8-16-25/h5-6,9-14,22H,1,7-8,15-16H2,2-4H3/b9-5-,14-6-,23-20-. The van der Waals surface area contributed by atoms with Gasteiger partial charge in [-0.25, -0.2) is 4.79 Å². The minimum atomic E-state index is -0.525. The highest BCUT2D eigenvalue weighted by molar-refractivity contribution is 6.44. The summed E-state index contributed by atoms with van der Waals surface area (Å²) >= 11 is 0. The van der Waals surface area contributed by atoms with Gasteiger partial charge >= 0.3 is 5.97 Å². The highest BCUT2D eigenvalue weighted by atomic mass is 16.5. The molecule has 1 aliphatic heterocycles. The Kier molecular flexibility index (Phi) is 7.67. The van der Waals surface area contributed by atoms with Gasteiger partial charge in [0.15, 0.2) is 5.71 Å². The van der Waals surface area contributed by atoms with Crippen LogP contribution in [0.3, 0.4) is 0 Å². The second-order valence-electron chi connectivity index (χ2n) is 6.21. The molecule has 0 atom stereocenters. The smallest absolute Gasteiger partial charge is 0.359 e. The number of hydrogen-bond donors (Lipinski definition) is 1. The average molecular weight is 368 g/mol. The van der Waals surface area contributed by atoms with Gasteiger partial charge < -0.3 is 15.0 Å². The lowest BCUT2D eigenvalue weighted by molar-refractivity contribution is -0.132. The molecule has 0 aliphatic carbocycles. The number of nitrogens with zero attached hydrogens (tertiary/aromatic N) is 3. The van der Waals surface area contributed by atoms with Crippen molar-refractivity contribution in [2.24, 2.45) is 5.10 Å². The fourth-order valence-electron chi connectivity index (χ4n) is 2.80. The Hall–Kier alpha value is -3.02. The molecule has 0 radical (unpaired) electrons. The maximum absolute atomic E-state index is 12.1. The lowest BCUT2D eigenvalue weighted by Gasteiger charge is -2.20. The van der Waals surface area contributed by atoms with E-state index in [4.69, 9.17) is 4.74 Å². The molecular formula is C21H28N4O2. The first-order valence-electron chi connectivity index (χ1n) is 9.02. The van der Waals surface area contributed by atoms with Crippen molar-refractivity contribution < 1.29 is 9.53 Å². The summed E-state index contributed by atoms with van der Waals surface area (Å²) in [4.78, 5) is 14.5. The van der Waals surface area contributed by atoms with Crippen molar-refractivity contribution in [3.05, 3.63) is 60.8 Å². The maximum atomic E-state index is 12.1. The van der Waals surface area contributed by atoms with E-state index in [9.17, 15) is 4.79 Å². The van der Waals surface area contributed by atoms with E-state index in [1.54, 1.807) is 36.5 Å². The molecular weight excluding hydrogens is 340 g/mol. The van der Waals surface area contributed by atoms with Crippen LogP contribution in [-0.2, 0) is 9.53 Å². The lowest BCUT2D eigenvalue weighted by Crippen LogP contribution is -2.22. The van der Waals surface area contributed by atoms with Gasteiger partial charge in [0, 0.05) is 38.4 Å². The SMILES string of the molecule is C=C(/C=C\C=C/NC)/C(=N/N(C)c1ccc(N2CCCC2)cc1)C(=O)OC. The monoisotopic (exact) mass is 368 g/mol. The number of esters is 1. The van der Waals surface area contributed by atoms with Gasteiger partial charge in [-0.05, 0) is 49.4 Å². The van der Waals surface area contributed by atoms with Crippen LogP contribution >= 0.6 is 0 Å². The number of benzene rings is 1. The van der Waals surface area contributed by atoms with Crippen LogP contribution in [-0.4, -0.2) is 46.0 Å². The molecule has 2 rings (SSSR count). The highest BCUT2D eigenvalue weighted by Crippen LogP contribution is 2.23. The number of carbonyl (C=O) groups excluding carboxylic acids is 1. The summed E-state index contributed by atoms with van der Waals surface area (Å²) in [5.41, 5.74) is 2.73. The van der Waals surface area contributed by atoms with Crippen LogP contribution in [0.2, 0.25) is 0 Å². The first-order chi connectivity index (χ1) is 13.1. The third-order valence-corrected chi connectivity index (χ3v) is 4.30. The molecule has 0 unspecified atom stereocenters. The van der Waals surface area contributed by atoms with E-state index in [-0.39, 0.29) is 5.71 Å². The molecule has 1 aliphatic rings. The van der Waals surface area contributed by atoms with Gasteiger partial charge in [0.05, 0.1) is 12.8 Å². The van der Waals surface area contributed by atoms with Crippen LogP contribution < -0.4 is 15.2 Å². The number of hydrogen-bond acceptors (Lipinski definition) is 6. The number of methoxy groups -OCH3 is 1. The second-order valence-corrected chi connectivity index (χ2v) is 6.21. The lowest BCUT2D eigenvalue weighted by atomic mass is 10.1. The molecule has 0 amide bonds. The van der Waals surface area contributed by atoms with E-state index >= 15 is 0 Å². The van der Waals surface area contributed by atoms with Crippen LogP contribution in [0.15, 0.2) is 65.9 Å². The predicted molar refractivity (Wildman–Crippen MR) is 112 cm³/mol. The maximum Gasteiger partial charge on any atom is 0.359 e. The minimum absolute atomic E-state index is 0.165. The third-order valence-electron chi connectivity index (χ3n) is 4.30. The summed E-state index contributed by atoms with van der Waals surface area (Å²) in [5, 5.41) is 8.96. The van der Waals surface area contributed by atoms with Crippen molar-refractivity contribution in [1.82, 2.24) is 5.32 Å². The Morgan fingerprint density at radius 1 is 1.26 bits per heavy atom. The predicted octanol–water partition coefficient (Wildman–Crippen LogP) is 3.10. The average Bonchev–Trinajstić information content (AvgIpc) is 3.23. The van der Waals surface area contributed by atoms with Crippen LogP contribution in [0, 0.1) is 0 Å². The first-order valence-corrected chi connectivity index (χ1v) is 9.02. The van der Waals surface area contributed by atoms with Crippen LogP contribution in [0.25, 0.3) is 0 Å². The van der Waals surface area contributed by atoms with Crippen molar-refractivity contribution in [2.75, 3.05) is 44.2 Å². The van der Waals surface area contributed by atoms with E-state index < -0.39 is 5.97 Å². The van der Waals surface area contributed by atoms with Gasteiger partial charge in [0.25, 0.3) is 0 Å². The summed E-state index contributed by atoms with van der Waals surface area (Å²) in [7, 11) is 4.94. The first kappa shape index (κ1) is 20.3. The van der Waals surface area contributed by atoms with Crippen molar-refractivity contribution in [2.45, 2.75) is 12.8 Å².